The van der Waals surface area contributed by atoms with Gasteiger partial charge in [-0.15, -0.1) is 0 Å². The van der Waals surface area contributed by atoms with E-state index in [1.807, 2.05) is 0 Å². The Hall–Kier alpha value is -1.35. The van der Waals surface area contributed by atoms with Crippen LogP contribution < -0.4 is 9.62 Å². The number of nitrogens with zero attached hydrogens (tertiary/aromatic N) is 2. The number of benzene rings is 1. The molecular formula is C12H16ClN3O4S. The summed E-state index contributed by atoms with van der Waals surface area (Å²) in [5.41, 5.74) is 0.655. The van der Waals surface area contributed by atoms with Gasteiger partial charge in [0.25, 0.3) is 10.2 Å². The van der Waals surface area contributed by atoms with Crippen LogP contribution in [0.5, 0.6) is 0 Å². The van der Waals surface area contributed by atoms with Gasteiger partial charge in [0.2, 0.25) is 0 Å². The van der Waals surface area contributed by atoms with Crippen molar-refractivity contribution in [1.82, 2.24) is 9.03 Å². The molecule has 7 nitrogen and oxygen atoms in total. The van der Waals surface area contributed by atoms with Gasteiger partial charge in [-0.3, -0.25) is 4.90 Å². The Morgan fingerprint density at radius 3 is 2.57 bits per heavy atom. The largest absolute Gasteiger partial charge is 0.443 e. The fraction of sp³-hybridized carbons (Fsp3) is 0.417. The lowest BCUT2D eigenvalue weighted by molar-refractivity contribution is 0.143. The number of ether oxygens (including phenoxy) is 1. The molecule has 0 bridgehead atoms. The number of nitrogens with one attached hydrogen (secondary N) is 1. The maximum Gasteiger partial charge on any atom is 0.414 e. The average Bonchev–Trinajstić information content (AvgIpc) is 2.79. The number of carbonyl (C=O) groups is 1. The van der Waals surface area contributed by atoms with E-state index in [9.17, 15) is 13.2 Å². The van der Waals surface area contributed by atoms with Crippen molar-refractivity contribution in [2.45, 2.75) is 6.10 Å². The monoisotopic (exact) mass is 333 g/mol. The van der Waals surface area contributed by atoms with Crippen molar-refractivity contribution in [2.24, 2.45) is 0 Å². The van der Waals surface area contributed by atoms with Crippen LogP contribution in [-0.4, -0.2) is 52.1 Å². The molecule has 1 aliphatic rings. The van der Waals surface area contributed by atoms with Crippen LogP contribution in [0.1, 0.15) is 0 Å². The molecule has 2 rings (SSSR count). The highest BCUT2D eigenvalue weighted by Gasteiger charge is 2.33. The molecule has 0 radical (unpaired) electrons. The standard InChI is InChI=1S/C12H16ClN3O4S/c1-15(2)21(18,19)14-7-11-8-16(12(17)20-11)10-5-3-9(13)4-6-10/h3-6,11,14H,7-8H2,1-2H3. The van der Waals surface area contributed by atoms with Crippen LogP contribution in [0.4, 0.5) is 10.5 Å². The first-order valence-electron chi connectivity index (χ1n) is 6.20. The number of anilines is 1. The van der Waals surface area contributed by atoms with Crippen LogP contribution >= 0.6 is 11.6 Å². The lowest BCUT2D eigenvalue weighted by Gasteiger charge is -2.15. The van der Waals surface area contributed by atoms with Crippen molar-refractivity contribution in [1.29, 1.82) is 0 Å². The summed E-state index contributed by atoms with van der Waals surface area (Å²) in [5.74, 6) is 0. The molecule has 1 aliphatic heterocycles. The lowest BCUT2D eigenvalue weighted by Crippen LogP contribution is -2.40. The first kappa shape index (κ1) is 16.0. The van der Waals surface area contributed by atoms with Crippen molar-refractivity contribution >= 4 is 33.6 Å². The molecule has 21 heavy (non-hydrogen) atoms. The summed E-state index contributed by atoms with van der Waals surface area (Å²) < 4.78 is 31.8. The Bertz CT molecular complexity index is 618. The zero-order chi connectivity index (χ0) is 15.6. The minimum absolute atomic E-state index is 0.0241. The second-order valence-corrected chi connectivity index (χ2v) is 7.13. The number of rotatable bonds is 5. The van der Waals surface area contributed by atoms with Crippen LogP contribution in [0.3, 0.4) is 0 Å². The van der Waals surface area contributed by atoms with Crippen molar-refractivity contribution in [2.75, 3.05) is 32.1 Å². The molecule has 0 spiro atoms. The van der Waals surface area contributed by atoms with Crippen molar-refractivity contribution < 1.29 is 17.9 Å². The predicted octanol–water partition coefficient (Wildman–Crippen LogP) is 1.06. The molecule has 0 aliphatic carbocycles. The first-order chi connectivity index (χ1) is 9.79. The third kappa shape index (κ3) is 3.85. The number of halogens is 1. The van der Waals surface area contributed by atoms with Crippen molar-refractivity contribution in [3.8, 4) is 0 Å². The van der Waals surface area contributed by atoms with Gasteiger partial charge in [0, 0.05) is 24.8 Å². The molecule has 1 unspecified atom stereocenters. The van der Waals surface area contributed by atoms with Crippen LogP contribution in [-0.2, 0) is 14.9 Å². The Labute approximate surface area is 128 Å². The number of hydrogen-bond acceptors (Lipinski definition) is 4. The summed E-state index contributed by atoms with van der Waals surface area (Å²) >= 11 is 5.80. The van der Waals surface area contributed by atoms with Crippen molar-refractivity contribution in [3.05, 3.63) is 29.3 Å². The van der Waals surface area contributed by atoms with Gasteiger partial charge >= 0.3 is 6.09 Å². The first-order valence-corrected chi connectivity index (χ1v) is 8.02. The van der Waals surface area contributed by atoms with Gasteiger partial charge in [0.1, 0.15) is 6.10 Å². The molecule has 1 N–H and O–H groups in total. The zero-order valence-corrected chi connectivity index (χ0v) is 13.2. The molecule has 1 aromatic carbocycles. The number of amides is 1. The van der Waals surface area contributed by atoms with E-state index in [1.54, 1.807) is 24.3 Å². The summed E-state index contributed by atoms with van der Waals surface area (Å²) in [5, 5.41) is 0.571. The van der Waals surface area contributed by atoms with Gasteiger partial charge in [-0.05, 0) is 24.3 Å². The Morgan fingerprint density at radius 1 is 1.38 bits per heavy atom. The summed E-state index contributed by atoms with van der Waals surface area (Å²) in [7, 11) is -0.696. The van der Waals surface area contributed by atoms with Gasteiger partial charge in [0.05, 0.1) is 13.1 Å². The van der Waals surface area contributed by atoms with E-state index in [0.717, 1.165) is 4.31 Å². The molecular weight excluding hydrogens is 318 g/mol. The van der Waals surface area contributed by atoms with Crippen LogP contribution in [0.2, 0.25) is 5.02 Å². The molecule has 1 heterocycles. The maximum absolute atomic E-state index is 11.8. The molecule has 1 amide bonds. The highest BCUT2D eigenvalue weighted by atomic mass is 35.5. The van der Waals surface area contributed by atoms with Crippen LogP contribution in [0.25, 0.3) is 0 Å². The second kappa shape index (κ2) is 6.18. The summed E-state index contributed by atoms with van der Waals surface area (Å²) in [6.07, 6.45) is -1.05. The quantitative estimate of drug-likeness (QED) is 0.874. The fourth-order valence-corrected chi connectivity index (χ4v) is 2.57. The Morgan fingerprint density at radius 2 is 2.00 bits per heavy atom. The fourth-order valence-electron chi connectivity index (χ4n) is 1.79. The van der Waals surface area contributed by atoms with Gasteiger partial charge in [0.15, 0.2) is 0 Å². The van der Waals surface area contributed by atoms with Gasteiger partial charge in [-0.1, -0.05) is 11.6 Å². The van der Waals surface area contributed by atoms with E-state index in [1.165, 1.54) is 19.0 Å². The molecule has 1 aromatic rings. The molecule has 9 heteroatoms. The highest BCUT2D eigenvalue weighted by Crippen LogP contribution is 2.23. The predicted molar refractivity (Wildman–Crippen MR) is 79.7 cm³/mol. The van der Waals surface area contributed by atoms with E-state index in [4.69, 9.17) is 16.3 Å². The topological polar surface area (TPSA) is 79.0 Å². The Balaban J connectivity index is 1.98. The van der Waals surface area contributed by atoms with Gasteiger partial charge < -0.3 is 4.74 Å². The summed E-state index contributed by atoms with van der Waals surface area (Å²) in [4.78, 5) is 13.2. The van der Waals surface area contributed by atoms with E-state index < -0.39 is 22.4 Å². The summed E-state index contributed by atoms with van der Waals surface area (Å²) in [6.45, 7) is 0.298. The van der Waals surface area contributed by atoms with Crippen LogP contribution in [0, 0.1) is 0 Å². The molecule has 0 aromatic heterocycles. The lowest BCUT2D eigenvalue weighted by atomic mass is 10.3. The van der Waals surface area contributed by atoms with Gasteiger partial charge in [-0.25, -0.2) is 4.79 Å². The maximum atomic E-state index is 11.8. The van der Waals surface area contributed by atoms with E-state index >= 15 is 0 Å². The normalized spacial score (nSPS) is 19.1. The van der Waals surface area contributed by atoms with Gasteiger partial charge in [-0.2, -0.15) is 17.4 Å². The molecule has 1 fully saturated rings. The highest BCUT2D eigenvalue weighted by molar-refractivity contribution is 7.87. The number of hydrogen-bond donors (Lipinski definition) is 1. The number of cyclic esters (lactones) is 1. The SMILES string of the molecule is CN(C)S(=O)(=O)NCC1CN(c2ccc(Cl)cc2)C(=O)O1. The molecule has 1 atom stereocenters. The molecule has 0 saturated carbocycles. The summed E-state index contributed by atoms with van der Waals surface area (Å²) in [6, 6.07) is 6.75. The number of carbonyl (C=O) groups excluding carboxylic acids is 1. The smallest absolute Gasteiger partial charge is 0.414 e. The van der Waals surface area contributed by atoms with Crippen LogP contribution in [0.15, 0.2) is 24.3 Å². The third-order valence-corrected chi connectivity index (χ3v) is 4.73. The zero-order valence-electron chi connectivity index (χ0n) is 11.6. The van der Waals surface area contributed by atoms with Crippen molar-refractivity contribution in [3.63, 3.8) is 0 Å². The van der Waals surface area contributed by atoms with E-state index in [-0.39, 0.29) is 13.1 Å². The molecule has 116 valence electrons. The minimum Gasteiger partial charge on any atom is -0.443 e. The molecule has 1 saturated heterocycles. The average molecular weight is 334 g/mol. The second-order valence-electron chi connectivity index (χ2n) is 4.73. The van der Waals surface area contributed by atoms with E-state index in [2.05, 4.69) is 4.72 Å². The minimum atomic E-state index is -3.53. The van der Waals surface area contributed by atoms with E-state index in [0.29, 0.717) is 10.7 Å². The Kier molecular flexibility index (Phi) is 4.72. The third-order valence-electron chi connectivity index (χ3n) is 2.99.